The molecule has 1 unspecified atom stereocenters. The molecule has 110 valence electrons. The topological polar surface area (TPSA) is 29.5 Å². The van der Waals surface area contributed by atoms with Crippen LogP contribution in [0, 0.1) is 0 Å². The van der Waals surface area contributed by atoms with Crippen molar-refractivity contribution in [2.75, 3.05) is 6.61 Å². The fourth-order valence-electron chi connectivity index (χ4n) is 2.08. The predicted octanol–water partition coefficient (Wildman–Crippen LogP) is 4.69. The molecular formula is C16H34O2. The third-order valence-electron chi connectivity index (χ3n) is 3.26. The summed E-state index contributed by atoms with van der Waals surface area (Å²) in [5.74, 6) is 0. The highest BCUT2D eigenvalue weighted by Gasteiger charge is 2.05. The molecule has 0 aliphatic carbocycles. The SMILES string of the molecule is CCCCCCCCCCCC(O)COC(C)C. The fraction of sp³-hybridized carbons (Fsp3) is 1.00. The number of aliphatic hydroxyl groups is 1. The second-order valence-electron chi connectivity index (χ2n) is 5.65. The summed E-state index contributed by atoms with van der Waals surface area (Å²) >= 11 is 0. The third kappa shape index (κ3) is 14.0. The summed E-state index contributed by atoms with van der Waals surface area (Å²) in [5.41, 5.74) is 0. The summed E-state index contributed by atoms with van der Waals surface area (Å²) in [6.07, 6.45) is 12.8. The lowest BCUT2D eigenvalue weighted by Crippen LogP contribution is -2.18. The number of hydrogen-bond donors (Lipinski definition) is 1. The number of hydrogen-bond acceptors (Lipinski definition) is 2. The maximum Gasteiger partial charge on any atom is 0.0773 e. The van der Waals surface area contributed by atoms with Gasteiger partial charge in [-0.25, -0.2) is 0 Å². The first-order chi connectivity index (χ1) is 8.66. The summed E-state index contributed by atoms with van der Waals surface area (Å²) in [6.45, 7) is 6.76. The van der Waals surface area contributed by atoms with Crippen molar-refractivity contribution in [3.8, 4) is 0 Å². The van der Waals surface area contributed by atoms with Gasteiger partial charge >= 0.3 is 0 Å². The van der Waals surface area contributed by atoms with Gasteiger partial charge in [-0.2, -0.15) is 0 Å². The van der Waals surface area contributed by atoms with Crippen LogP contribution in [0.15, 0.2) is 0 Å². The minimum absolute atomic E-state index is 0.225. The molecule has 0 aliphatic rings. The molecule has 0 heterocycles. The van der Waals surface area contributed by atoms with E-state index >= 15 is 0 Å². The van der Waals surface area contributed by atoms with Crippen LogP contribution in [0.1, 0.15) is 85.0 Å². The molecule has 0 aromatic rings. The standard InChI is InChI=1S/C16H34O2/c1-4-5-6-7-8-9-10-11-12-13-16(17)14-18-15(2)3/h15-17H,4-14H2,1-3H3. The van der Waals surface area contributed by atoms with E-state index in [-0.39, 0.29) is 12.2 Å². The van der Waals surface area contributed by atoms with Crippen LogP contribution < -0.4 is 0 Å². The molecule has 1 N–H and O–H groups in total. The minimum Gasteiger partial charge on any atom is -0.391 e. The first-order valence-corrected chi connectivity index (χ1v) is 7.96. The lowest BCUT2D eigenvalue weighted by Gasteiger charge is -2.13. The molecule has 0 bridgehead atoms. The average molecular weight is 258 g/mol. The highest BCUT2D eigenvalue weighted by atomic mass is 16.5. The molecule has 2 heteroatoms. The number of rotatable bonds is 13. The fourth-order valence-corrected chi connectivity index (χ4v) is 2.08. The summed E-state index contributed by atoms with van der Waals surface area (Å²) < 4.78 is 5.39. The highest BCUT2D eigenvalue weighted by molar-refractivity contribution is 4.56. The van der Waals surface area contributed by atoms with E-state index in [9.17, 15) is 5.11 Å². The molecule has 18 heavy (non-hydrogen) atoms. The Bertz CT molecular complexity index is 157. The maximum absolute atomic E-state index is 9.67. The van der Waals surface area contributed by atoms with Gasteiger partial charge in [0.1, 0.15) is 0 Å². The lowest BCUT2D eigenvalue weighted by molar-refractivity contribution is 0.00178. The molecule has 0 saturated heterocycles. The summed E-state index contributed by atoms with van der Waals surface area (Å²) in [7, 11) is 0. The van der Waals surface area contributed by atoms with Gasteiger partial charge in [0.05, 0.1) is 18.8 Å². The lowest BCUT2D eigenvalue weighted by atomic mass is 10.1. The van der Waals surface area contributed by atoms with Crippen LogP contribution >= 0.6 is 0 Å². The van der Waals surface area contributed by atoms with Gasteiger partial charge in [0, 0.05) is 0 Å². The molecular weight excluding hydrogens is 224 g/mol. The minimum atomic E-state index is -0.267. The Kier molecular flexibility index (Phi) is 13.3. The van der Waals surface area contributed by atoms with Crippen molar-refractivity contribution in [3.05, 3.63) is 0 Å². The summed E-state index contributed by atoms with van der Waals surface area (Å²) in [5, 5.41) is 9.67. The van der Waals surface area contributed by atoms with Crippen molar-refractivity contribution < 1.29 is 9.84 Å². The molecule has 1 atom stereocenters. The van der Waals surface area contributed by atoms with Gasteiger partial charge in [-0.05, 0) is 20.3 Å². The Morgan fingerprint density at radius 2 is 1.33 bits per heavy atom. The molecule has 0 fully saturated rings. The van der Waals surface area contributed by atoms with E-state index in [4.69, 9.17) is 4.74 Å². The summed E-state index contributed by atoms with van der Waals surface area (Å²) in [4.78, 5) is 0. The van der Waals surface area contributed by atoms with Crippen molar-refractivity contribution in [1.82, 2.24) is 0 Å². The monoisotopic (exact) mass is 258 g/mol. The van der Waals surface area contributed by atoms with Gasteiger partial charge < -0.3 is 9.84 Å². The average Bonchev–Trinajstić information content (AvgIpc) is 2.34. The Balaban J connectivity index is 3.10. The predicted molar refractivity (Wildman–Crippen MR) is 78.9 cm³/mol. The maximum atomic E-state index is 9.67. The van der Waals surface area contributed by atoms with Crippen molar-refractivity contribution in [2.45, 2.75) is 97.2 Å². The summed E-state index contributed by atoms with van der Waals surface area (Å²) in [6, 6.07) is 0. The molecule has 0 amide bonds. The van der Waals surface area contributed by atoms with Gasteiger partial charge in [-0.15, -0.1) is 0 Å². The zero-order valence-corrected chi connectivity index (χ0v) is 12.8. The zero-order chi connectivity index (χ0) is 13.6. The van der Waals surface area contributed by atoms with Gasteiger partial charge in [0.15, 0.2) is 0 Å². The largest absolute Gasteiger partial charge is 0.391 e. The van der Waals surface area contributed by atoms with Crippen LogP contribution in [0.2, 0.25) is 0 Å². The Morgan fingerprint density at radius 1 is 0.833 bits per heavy atom. The molecule has 0 aromatic carbocycles. The van der Waals surface area contributed by atoms with Crippen molar-refractivity contribution in [3.63, 3.8) is 0 Å². The van der Waals surface area contributed by atoms with Crippen LogP contribution in [-0.2, 0) is 4.74 Å². The first-order valence-electron chi connectivity index (χ1n) is 7.96. The number of ether oxygens (including phenoxy) is 1. The number of unbranched alkanes of at least 4 members (excludes halogenated alkanes) is 8. The normalized spacial score (nSPS) is 13.2. The van der Waals surface area contributed by atoms with Crippen LogP contribution in [0.3, 0.4) is 0 Å². The molecule has 0 aliphatic heterocycles. The first kappa shape index (κ1) is 17.9. The quantitative estimate of drug-likeness (QED) is 0.485. The van der Waals surface area contributed by atoms with Gasteiger partial charge in [0.25, 0.3) is 0 Å². The van der Waals surface area contributed by atoms with Crippen LogP contribution in [-0.4, -0.2) is 23.9 Å². The van der Waals surface area contributed by atoms with E-state index in [2.05, 4.69) is 6.92 Å². The van der Waals surface area contributed by atoms with E-state index in [1.807, 2.05) is 13.8 Å². The van der Waals surface area contributed by atoms with Crippen LogP contribution in [0.5, 0.6) is 0 Å². The zero-order valence-electron chi connectivity index (χ0n) is 12.8. The van der Waals surface area contributed by atoms with Gasteiger partial charge in [-0.3, -0.25) is 0 Å². The van der Waals surface area contributed by atoms with E-state index < -0.39 is 0 Å². The second-order valence-corrected chi connectivity index (χ2v) is 5.65. The van der Waals surface area contributed by atoms with Crippen LogP contribution in [0.25, 0.3) is 0 Å². The Morgan fingerprint density at radius 3 is 1.83 bits per heavy atom. The van der Waals surface area contributed by atoms with Gasteiger partial charge in [-0.1, -0.05) is 64.7 Å². The van der Waals surface area contributed by atoms with Crippen molar-refractivity contribution in [1.29, 1.82) is 0 Å². The van der Waals surface area contributed by atoms with E-state index in [1.54, 1.807) is 0 Å². The molecule has 0 saturated carbocycles. The van der Waals surface area contributed by atoms with Crippen LogP contribution in [0.4, 0.5) is 0 Å². The van der Waals surface area contributed by atoms with E-state index in [0.29, 0.717) is 6.61 Å². The molecule has 0 spiro atoms. The van der Waals surface area contributed by atoms with Crippen molar-refractivity contribution >= 4 is 0 Å². The highest BCUT2D eigenvalue weighted by Crippen LogP contribution is 2.11. The van der Waals surface area contributed by atoms with Crippen molar-refractivity contribution in [2.24, 2.45) is 0 Å². The smallest absolute Gasteiger partial charge is 0.0773 e. The van der Waals surface area contributed by atoms with E-state index in [0.717, 1.165) is 12.8 Å². The molecule has 0 rings (SSSR count). The van der Waals surface area contributed by atoms with E-state index in [1.165, 1.54) is 51.4 Å². The second kappa shape index (κ2) is 13.4. The third-order valence-corrected chi connectivity index (χ3v) is 3.26. The number of aliphatic hydroxyl groups excluding tert-OH is 1. The molecule has 0 radical (unpaired) electrons. The molecule has 2 nitrogen and oxygen atoms in total. The van der Waals surface area contributed by atoms with Gasteiger partial charge in [0.2, 0.25) is 0 Å². The Labute approximate surface area is 114 Å². The molecule has 0 aromatic heterocycles. The Hall–Kier alpha value is -0.0800.